The minimum atomic E-state index is -0.0958. The Hall–Kier alpha value is -2.16. The lowest BCUT2D eigenvalue weighted by Gasteiger charge is -2.10. The lowest BCUT2D eigenvalue weighted by atomic mass is 10.0. The molecule has 2 aromatic rings. The van der Waals surface area contributed by atoms with Crippen molar-refractivity contribution < 1.29 is 9.53 Å². The third-order valence-electron chi connectivity index (χ3n) is 2.86. The van der Waals surface area contributed by atoms with Crippen molar-refractivity contribution in [2.24, 2.45) is 0 Å². The molecular formula is C16H17NO2. The van der Waals surface area contributed by atoms with Gasteiger partial charge in [-0.3, -0.25) is 9.78 Å². The van der Waals surface area contributed by atoms with E-state index in [4.69, 9.17) is 4.74 Å². The van der Waals surface area contributed by atoms with Gasteiger partial charge in [-0.05, 0) is 44.0 Å². The largest absolute Gasteiger partial charge is 0.493 e. The molecule has 3 heteroatoms. The lowest BCUT2D eigenvalue weighted by molar-refractivity contribution is 0.103. The van der Waals surface area contributed by atoms with Crippen LogP contribution in [0.5, 0.6) is 5.75 Å². The monoisotopic (exact) mass is 255 g/mol. The molecule has 1 aromatic carbocycles. The zero-order valence-corrected chi connectivity index (χ0v) is 11.4. The minimum Gasteiger partial charge on any atom is -0.493 e. The smallest absolute Gasteiger partial charge is 0.215 e. The Morgan fingerprint density at radius 3 is 2.68 bits per heavy atom. The number of pyridine rings is 1. The van der Waals surface area contributed by atoms with E-state index in [1.165, 1.54) is 0 Å². The molecule has 0 aliphatic rings. The number of nitrogens with zero attached hydrogens (tertiary/aromatic N) is 1. The number of ether oxygens (including phenoxy) is 1. The molecule has 2 rings (SSSR count). The zero-order valence-electron chi connectivity index (χ0n) is 11.4. The molecule has 0 aliphatic heterocycles. The molecule has 0 amide bonds. The number of ketones is 1. The van der Waals surface area contributed by atoms with Crippen molar-refractivity contribution in [2.45, 2.75) is 20.8 Å². The molecule has 1 aromatic heterocycles. The predicted molar refractivity (Wildman–Crippen MR) is 74.8 cm³/mol. The first kappa shape index (κ1) is 13.3. The molecule has 1 heterocycles. The van der Waals surface area contributed by atoms with Gasteiger partial charge in [-0.2, -0.15) is 0 Å². The lowest BCUT2D eigenvalue weighted by Crippen LogP contribution is -2.09. The van der Waals surface area contributed by atoms with Crippen LogP contribution in [0.1, 0.15) is 34.1 Å². The molecule has 0 unspecified atom stereocenters. The van der Waals surface area contributed by atoms with Crippen LogP contribution in [0.15, 0.2) is 36.5 Å². The number of aromatic nitrogens is 1. The molecule has 0 saturated carbocycles. The molecule has 3 nitrogen and oxygen atoms in total. The van der Waals surface area contributed by atoms with Crippen LogP contribution in [0, 0.1) is 13.8 Å². The summed E-state index contributed by atoms with van der Waals surface area (Å²) in [6.07, 6.45) is 1.71. The van der Waals surface area contributed by atoms with E-state index in [1.807, 2.05) is 39.0 Å². The van der Waals surface area contributed by atoms with Gasteiger partial charge in [-0.1, -0.05) is 18.2 Å². The van der Waals surface area contributed by atoms with Crippen LogP contribution < -0.4 is 4.74 Å². The number of benzene rings is 1. The van der Waals surface area contributed by atoms with Crippen molar-refractivity contribution in [3.05, 3.63) is 58.9 Å². The molecule has 0 spiro atoms. The number of rotatable bonds is 4. The van der Waals surface area contributed by atoms with Gasteiger partial charge >= 0.3 is 0 Å². The van der Waals surface area contributed by atoms with E-state index in [1.54, 1.807) is 18.3 Å². The quantitative estimate of drug-likeness (QED) is 0.787. The summed E-state index contributed by atoms with van der Waals surface area (Å²) in [7, 11) is 0. The Morgan fingerprint density at radius 1 is 1.26 bits per heavy atom. The van der Waals surface area contributed by atoms with E-state index in [0.29, 0.717) is 23.6 Å². The predicted octanol–water partition coefficient (Wildman–Crippen LogP) is 3.33. The average Bonchev–Trinajstić information content (AvgIpc) is 2.39. The van der Waals surface area contributed by atoms with Crippen LogP contribution in [0.3, 0.4) is 0 Å². The van der Waals surface area contributed by atoms with Crippen LogP contribution in [0.25, 0.3) is 0 Å². The number of aryl methyl sites for hydroxylation is 2. The van der Waals surface area contributed by atoms with Crippen LogP contribution in [-0.2, 0) is 0 Å². The average molecular weight is 255 g/mol. The van der Waals surface area contributed by atoms with Gasteiger partial charge in [0.05, 0.1) is 12.2 Å². The molecule has 98 valence electrons. The van der Waals surface area contributed by atoms with Gasteiger partial charge in [-0.25, -0.2) is 0 Å². The first-order valence-electron chi connectivity index (χ1n) is 6.33. The van der Waals surface area contributed by atoms with Gasteiger partial charge < -0.3 is 4.74 Å². The number of carbonyl (C=O) groups excluding carboxylic acids is 1. The van der Waals surface area contributed by atoms with Gasteiger partial charge in [-0.15, -0.1) is 0 Å². The van der Waals surface area contributed by atoms with Gasteiger partial charge in [0.2, 0.25) is 5.78 Å². The molecule has 0 atom stereocenters. The topological polar surface area (TPSA) is 39.2 Å². The molecule has 0 fully saturated rings. The fraction of sp³-hybridized carbons (Fsp3) is 0.250. The Kier molecular flexibility index (Phi) is 3.95. The third kappa shape index (κ3) is 2.81. The van der Waals surface area contributed by atoms with E-state index < -0.39 is 0 Å². The maximum atomic E-state index is 12.5. The summed E-state index contributed by atoms with van der Waals surface area (Å²) < 4.78 is 5.49. The summed E-state index contributed by atoms with van der Waals surface area (Å²) in [5.74, 6) is 0.512. The second-order valence-corrected chi connectivity index (χ2v) is 4.44. The van der Waals surface area contributed by atoms with E-state index >= 15 is 0 Å². The van der Waals surface area contributed by atoms with E-state index in [-0.39, 0.29) is 5.78 Å². The molecule has 19 heavy (non-hydrogen) atoms. The van der Waals surface area contributed by atoms with Gasteiger partial charge in [0.15, 0.2) is 0 Å². The summed E-state index contributed by atoms with van der Waals surface area (Å²) >= 11 is 0. The number of hydrogen-bond donors (Lipinski definition) is 0. The second kappa shape index (κ2) is 5.65. The van der Waals surface area contributed by atoms with Crippen molar-refractivity contribution >= 4 is 5.78 Å². The Labute approximate surface area is 113 Å². The highest BCUT2D eigenvalue weighted by Gasteiger charge is 2.17. The van der Waals surface area contributed by atoms with E-state index in [0.717, 1.165) is 11.1 Å². The van der Waals surface area contributed by atoms with Crippen LogP contribution in [0.2, 0.25) is 0 Å². The summed E-state index contributed by atoms with van der Waals surface area (Å²) in [5, 5.41) is 0. The Bertz CT molecular complexity index is 605. The van der Waals surface area contributed by atoms with Gasteiger partial charge in [0, 0.05) is 6.20 Å². The number of carbonyl (C=O) groups is 1. The maximum Gasteiger partial charge on any atom is 0.215 e. The SMILES string of the molecule is CCOc1ccccc1C(=O)c1ncc(C)cc1C. The molecule has 0 radical (unpaired) electrons. The van der Waals surface area contributed by atoms with Crippen LogP contribution in [0.4, 0.5) is 0 Å². The van der Waals surface area contributed by atoms with Gasteiger partial charge in [0.1, 0.15) is 11.4 Å². The normalized spacial score (nSPS) is 10.3. The molecule has 0 bridgehead atoms. The van der Waals surface area contributed by atoms with Crippen LogP contribution >= 0.6 is 0 Å². The Balaban J connectivity index is 2.44. The van der Waals surface area contributed by atoms with Gasteiger partial charge in [0.25, 0.3) is 0 Å². The van der Waals surface area contributed by atoms with Crippen molar-refractivity contribution in [3.8, 4) is 5.75 Å². The molecule has 0 aliphatic carbocycles. The third-order valence-corrected chi connectivity index (χ3v) is 2.86. The maximum absolute atomic E-state index is 12.5. The molecular weight excluding hydrogens is 238 g/mol. The highest BCUT2D eigenvalue weighted by molar-refractivity contribution is 6.10. The first-order chi connectivity index (χ1) is 9.13. The summed E-state index contributed by atoms with van der Waals surface area (Å²) in [5.41, 5.74) is 2.98. The van der Waals surface area contributed by atoms with Crippen LogP contribution in [-0.4, -0.2) is 17.4 Å². The van der Waals surface area contributed by atoms with E-state index in [2.05, 4.69) is 4.98 Å². The fourth-order valence-electron chi connectivity index (χ4n) is 2.02. The summed E-state index contributed by atoms with van der Waals surface area (Å²) in [4.78, 5) is 16.8. The fourth-order valence-corrected chi connectivity index (χ4v) is 2.02. The van der Waals surface area contributed by atoms with Crippen molar-refractivity contribution in [1.82, 2.24) is 4.98 Å². The molecule has 0 N–H and O–H groups in total. The zero-order chi connectivity index (χ0) is 13.8. The minimum absolute atomic E-state index is 0.0958. The first-order valence-corrected chi connectivity index (χ1v) is 6.33. The van der Waals surface area contributed by atoms with Crippen molar-refractivity contribution in [2.75, 3.05) is 6.61 Å². The standard InChI is InChI=1S/C16H17NO2/c1-4-19-14-8-6-5-7-13(14)16(18)15-12(3)9-11(2)10-17-15/h5-10H,4H2,1-3H3. The number of para-hydroxylation sites is 1. The highest BCUT2D eigenvalue weighted by Crippen LogP contribution is 2.22. The summed E-state index contributed by atoms with van der Waals surface area (Å²) in [6.45, 7) is 6.29. The molecule has 0 saturated heterocycles. The highest BCUT2D eigenvalue weighted by atomic mass is 16.5. The van der Waals surface area contributed by atoms with E-state index in [9.17, 15) is 4.79 Å². The summed E-state index contributed by atoms with van der Waals surface area (Å²) in [6, 6.07) is 9.23. The number of hydrogen-bond acceptors (Lipinski definition) is 3. The second-order valence-electron chi connectivity index (χ2n) is 4.44. The van der Waals surface area contributed by atoms with Crippen molar-refractivity contribution in [3.63, 3.8) is 0 Å². The Morgan fingerprint density at radius 2 is 2.00 bits per heavy atom. The van der Waals surface area contributed by atoms with Crippen molar-refractivity contribution in [1.29, 1.82) is 0 Å².